The van der Waals surface area contributed by atoms with Gasteiger partial charge in [-0.15, -0.1) is 0 Å². The van der Waals surface area contributed by atoms with Crippen molar-refractivity contribution in [1.29, 1.82) is 0 Å². The number of amides is 1. The molecule has 2 aromatic rings. The molecular weight excluding hydrogens is 314 g/mol. The van der Waals surface area contributed by atoms with Gasteiger partial charge in [-0.2, -0.15) is 0 Å². The highest BCUT2D eigenvalue weighted by Gasteiger charge is 2.11. The topological polar surface area (TPSA) is 54.5 Å². The van der Waals surface area contributed by atoms with Gasteiger partial charge in [-0.1, -0.05) is 18.2 Å². The number of ether oxygens (including phenoxy) is 1. The van der Waals surface area contributed by atoms with Crippen molar-refractivity contribution in [3.8, 4) is 5.75 Å². The smallest absolute Gasteiger partial charge is 0.269 e. The van der Waals surface area contributed by atoms with Gasteiger partial charge >= 0.3 is 0 Å². The van der Waals surface area contributed by atoms with Crippen molar-refractivity contribution in [1.82, 2.24) is 15.2 Å². The van der Waals surface area contributed by atoms with Crippen LogP contribution in [0.25, 0.3) is 0 Å². The summed E-state index contributed by atoms with van der Waals surface area (Å²) < 4.78 is 5.81. The molecule has 1 fully saturated rings. The largest absolute Gasteiger partial charge is 0.494 e. The van der Waals surface area contributed by atoms with Gasteiger partial charge in [-0.05, 0) is 62.2 Å². The summed E-state index contributed by atoms with van der Waals surface area (Å²) in [4.78, 5) is 18.4. The maximum Gasteiger partial charge on any atom is 0.269 e. The molecule has 0 unspecified atom stereocenters. The average molecular weight is 339 g/mol. The predicted octanol–water partition coefficient (Wildman–Crippen LogP) is 2.88. The summed E-state index contributed by atoms with van der Waals surface area (Å²) in [7, 11) is 0. The zero-order chi connectivity index (χ0) is 17.3. The van der Waals surface area contributed by atoms with E-state index in [0.717, 1.165) is 18.7 Å². The number of hydrogen-bond acceptors (Lipinski definition) is 4. The van der Waals surface area contributed by atoms with Gasteiger partial charge in [0, 0.05) is 19.3 Å². The Labute approximate surface area is 149 Å². The number of pyridine rings is 1. The molecule has 2 heterocycles. The van der Waals surface area contributed by atoms with E-state index in [0.29, 0.717) is 18.8 Å². The van der Waals surface area contributed by atoms with E-state index in [-0.39, 0.29) is 5.91 Å². The molecule has 0 aliphatic carbocycles. The molecule has 25 heavy (non-hydrogen) atoms. The number of aromatic nitrogens is 1. The fraction of sp³-hybridized carbons (Fsp3) is 0.400. The Morgan fingerprint density at radius 3 is 2.84 bits per heavy atom. The SMILES string of the molecule is O=C(NCCCOc1cccc(CN2CCCC2)c1)c1ccccn1. The molecule has 1 aromatic heterocycles. The van der Waals surface area contributed by atoms with E-state index < -0.39 is 0 Å². The number of nitrogens with zero attached hydrogens (tertiary/aromatic N) is 2. The summed E-state index contributed by atoms with van der Waals surface area (Å²) in [5.74, 6) is 0.751. The van der Waals surface area contributed by atoms with Crippen LogP contribution in [0.1, 0.15) is 35.3 Å². The van der Waals surface area contributed by atoms with E-state index in [9.17, 15) is 4.79 Å². The second-order valence-electron chi connectivity index (χ2n) is 6.30. The molecule has 132 valence electrons. The van der Waals surface area contributed by atoms with Crippen LogP contribution >= 0.6 is 0 Å². The van der Waals surface area contributed by atoms with Crippen LogP contribution in [0.2, 0.25) is 0 Å². The highest BCUT2D eigenvalue weighted by molar-refractivity contribution is 5.92. The maximum atomic E-state index is 11.9. The summed E-state index contributed by atoms with van der Waals surface area (Å²) in [6.45, 7) is 4.54. The van der Waals surface area contributed by atoms with Crippen LogP contribution in [0.5, 0.6) is 5.75 Å². The number of nitrogens with one attached hydrogen (secondary N) is 1. The number of benzene rings is 1. The average Bonchev–Trinajstić information content (AvgIpc) is 3.15. The lowest BCUT2D eigenvalue weighted by Gasteiger charge is -2.15. The molecule has 1 aliphatic heterocycles. The Balaban J connectivity index is 1.36. The lowest BCUT2D eigenvalue weighted by molar-refractivity contribution is 0.0946. The summed E-state index contributed by atoms with van der Waals surface area (Å²) in [5.41, 5.74) is 1.74. The molecule has 1 amide bonds. The number of carbonyl (C=O) groups excluding carboxylic acids is 1. The molecule has 0 radical (unpaired) electrons. The zero-order valence-electron chi connectivity index (χ0n) is 14.5. The van der Waals surface area contributed by atoms with E-state index >= 15 is 0 Å². The van der Waals surface area contributed by atoms with Crippen molar-refractivity contribution in [3.63, 3.8) is 0 Å². The van der Waals surface area contributed by atoms with E-state index in [1.807, 2.05) is 12.1 Å². The zero-order valence-corrected chi connectivity index (χ0v) is 14.5. The lowest BCUT2D eigenvalue weighted by Crippen LogP contribution is -2.26. The van der Waals surface area contributed by atoms with Crippen molar-refractivity contribution in [3.05, 3.63) is 59.9 Å². The van der Waals surface area contributed by atoms with Crippen LogP contribution in [0, 0.1) is 0 Å². The van der Waals surface area contributed by atoms with Gasteiger partial charge in [-0.3, -0.25) is 14.7 Å². The molecule has 5 heteroatoms. The normalized spacial score (nSPS) is 14.4. The third-order valence-electron chi connectivity index (χ3n) is 4.28. The Kier molecular flexibility index (Phi) is 6.40. The van der Waals surface area contributed by atoms with Crippen molar-refractivity contribution in [2.24, 2.45) is 0 Å². The van der Waals surface area contributed by atoms with Crippen molar-refractivity contribution in [2.45, 2.75) is 25.8 Å². The van der Waals surface area contributed by atoms with Crippen LogP contribution in [0.15, 0.2) is 48.7 Å². The highest BCUT2D eigenvalue weighted by Crippen LogP contribution is 2.17. The van der Waals surface area contributed by atoms with Crippen LogP contribution < -0.4 is 10.1 Å². The Morgan fingerprint density at radius 1 is 1.16 bits per heavy atom. The summed E-state index contributed by atoms with van der Waals surface area (Å²) >= 11 is 0. The van der Waals surface area contributed by atoms with E-state index in [1.165, 1.54) is 31.5 Å². The summed E-state index contributed by atoms with van der Waals surface area (Å²) in [5, 5.41) is 2.86. The summed E-state index contributed by atoms with van der Waals surface area (Å²) in [6.07, 6.45) is 4.99. The number of likely N-dealkylation sites (tertiary alicyclic amines) is 1. The fourth-order valence-corrected chi connectivity index (χ4v) is 2.98. The predicted molar refractivity (Wildman–Crippen MR) is 97.6 cm³/mol. The van der Waals surface area contributed by atoms with Gasteiger partial charge in [-0.25, -0.2) is 0 Å². The van der Waals surface area contributed by atoms with Crippen LogP contribution in [-0.4, -0.2) is 42.0 Å². The minimum Gasteiger partial charge on any atom is -0.494 e. The number of rotatable bonds is 8. The molecule has 1 aromatic carbocycles. The molecular formula is C20H25N3O2. The first-order valence-corrected chi connectivity index (χ1v) is 8.94. The molecule has 0 bridgehead atoms. The van der Waals surface area contributed by atoms with Gasteiger partial charge in [0.05, 0.1) is 6.61 Å². The third-order valence-corrected chi connectivity index (χ3v) is 4.28. The Bertz CT molecular complexity index is 670. The molecule has 0 saturated carbocycles. The van der Waals surface area contributed by atoms with Crippen LogP contribution in [0.4, 0.5) is 0 Å². The molecule has 3 rings (SSSR count). The first kappa shape index (κ1) is 17.4. The second-order valence-corrected chi connectivity index (χ2v) is 6.30. The van der Waals surface area contributed by atoms with E-state index in [4.69, 9.17) is 4.74 Å². The second kappa shape index (κ2) is 9.18. The number of hydrogen-bond donors (Lipinski definition) is 1. The first-order valence-electron chi connectivity index (χ1n) is 8.94. The van der Waals surface area contributed by atoms with Gasteiger partial charge in [0.1, 0.15) is 11.4 Å². The molecule has 1 saturated heterocycles. The maximum absolute atomic E-state index is 11.9. The van der Waals surface area contributed by atoms with Gasteiger partial charge in [0.2, 0.25) is 0 Å². The minimum absolute atomic E-state index is 0.145. The standard InChI is InChI=1S/C20H25N3O2/c24-20(19-9-1-2-10-21-19)22-11-6-14-25-18-8-5-7-17(15-18)16-23-12-3-4-13-23/h1-2,5,7-10,15H,3-4,6,11-14,16H2,(H,22,24). The minimum atomic E-state index is -0.145. The molecule has 0 atom stereocenters. The van der Waals surface area contributed by atoms with Crippen molar-refractivity contribution < 1.29 is 9.53 Å². The molecule has 1 aliphatic rings. The Hall–Kier alpha value is -2.40. The quantitative estimate of drug-likeness (QED) is 0.752. The summed E-state index contributed by atoms with van der Waals surface area (Å²) in [6, 6.07) is 13.6. The van der Waals surface area contributed by atoms with Gasteiger partial charge < -0.3 is 10.1 Å². The monoisotopic (exact) mass is 339 g/mol. The molecule has 1 N–H and O–H groups in total. The third kappa shape index (κ3) is 5.57. The van der Waals surface area contributed by atoms with Crippen molar-refractivity contribution >= 4 is 5.91 Å². The van der Waals surface area contributed by atoms with Gasteiger partial charge in [0.15, 0.2) is 0 Å². The van der Waals surface area contributed by atoms with Crippen LogP contribution in [0.3, 0.4) is 0 Å². The highest BCUT2D eigenvalue weighted by atomic mass is 16.5. The lowest BCUT2D eigenvalue weighted by atomic mass is 10.2. The Morgan fingerprint density at radius 2 is 2.04 bits per heavy atom. The van der Waals surface area contributed by atoms with E-state index in [2.05, 4.69) is 27.3 Å². The molecule has 5 nitrogen and oxygen atoms in total. The van der Waals surface area contributed by atoms with E-state index in [1.54, 1.807) is 24.4 Å². The molecule has 0 spiro atoms. The van der Waals surface area contributed by atoms with Crippen molar-refractivity contribution in [2.75, 3.05) is 26.2 Å². The fourth-order valence-electron chi connectivity index (χ4n) is 2.98. The van der Waals surface area contributed by atoms with Crippen LogP contribution in [-0.2, 0) is 6.54 Å². The number of carbonyl (C=O) groups is 1. The first-order chi connectivity index (χ1) is 12.3. The van der Waals surface area contributed by atoms with Gasteiger partial charge in [0.25, 0.3) is 5.91 Å².